The number of morpholine rings is 1. The third-order valence-electron chi connectivity index (χ3n) is 5.16. The Morgan fingerprint density at radius 2 is 1.79 bits per heavy atom. The molecule has 0 bridgehead atoms. The summed E-state index contributed by atoms with van der Waals surface area (Å²) >= 11 is 0. The van der Waals surface area contributed by atoms with Gasteiger partial charge in [-0.2, -0.15) is 13.2 Å². The molecule has 1 spiro atoms. The van der Waals surface area contributed by atoms with Crippen LogP contribution in [0.4, 0.5) is 18.0 Å². The summed E-state index contributed by atoms with van der Waals surface area (Å²) in [4.78, 5) is 13.9. The number of carbonyl (C=O) groups excluding carboxylic acids is 1. The number of halogens is 3. The number of nitrogens with zero attached hydrogens (tertiary/aromatic N) is 1. The fourth-order valence-electron chi connectivity index (χ4n) is 3.64. The molecule has 2 heterocycles. The number of carbonyl (C=O) groups is 1. The van der Waals surface area contributed by atoms with Gasteiger partial charge >= 0.3 is 12.3 Å². The monoisotopic (exact) mass is 400 g/mol. The zero-order chi connectivity index (χ0) is 20.6. The van der Waals surface area contributed by atoms with E-state index in [1.165, 1.54) is 12.1 Å². The molecule has 0 saturated carbocycles. The number of piperidine rings is 1. The number of hydrogen-bond donors (Lipinski definition) is 1. The lowest BCUT2D eigenvalue weighted by Crippen LogP contribution is -2.61. The number of alkyl halides is 3. The Kier molecular flexibility index (Phi) is 5.64. The average molecular weight is 400 g/mol. The second-order valence-electron chi connectivity index (χ2n) is 8.58. The van der Waals surface area contributed by atoms with Gasteiger partial charge in [-0.05, 0) is 51.3 Å². The molecule has 3 rings (SSSR count). The van der Waals surface area contributed by atoms with Gasteiger partial charge in [-0.1, -0.05) is 12.1 Å². The van der Waals surface area contributed by atoms with Crippen molar-refractivity contribution in [2.75, 3.05) is 26.3 Å². The highest BCUT2D eigenvalue weighted by Gasteiger charge is 2.41. The minimum atomic E-state index is -4.34. The van der Waals surface area contributed by atoms with Crippen LogP contribution in [0.15, 0.2) is 24.3 Å². The third-order valence-corrected chi connectivity index (χ3v) is 5.16. The van der Waals surface area contributed by atoms with E-state index in [0.717, 1.165) is 17.7 Å². The lowest BCUT2D eigenvalue weighted by molar-refractivity contribution is -0.137. The molecule has 0 aliphatic carbocycles. The zero-order valence-electron chi connectivity index (χ0n) is 16.4. The summed E-state index contributed by atoms with van der Waals surface area (Å²) in [7, 11) is 0. The molecule has 1 aromatic rings. The number of rotatable bonds is 1. The molecule has 5 nitrogen and oxygen atoms in total. The second kappa shape index (κ2) is 7.55. The highest BCUT2D eigenvalue weighted by Crippen LogP contribution is 2.33. The number of amides is 1. The molecule has 2 aliphatic heterocycles. The molecule has 0 radical (unpaired) electrons. The van der Waals surface area contributed by atoms with Crippen LogP contribution in [0.5, 0.6) is 0 Å². The Morgan fingerprint density at radius 3 is 2.32 bits per heavy atom. The van der Waals surface area contributed by atoms with Crippen LogP contribution in [-0.2, 0) is 15.7 Å². The van der Waals surface area contributed by atoms with Crippen molar-refractivity contribution in [3.8, 4) is 0 Å². The molecule has 2 saturated heterocycles. The summed E-state index contributed by atoms with van der Waals surface area (Å²) in [5, 5.41) is 3.57. The zero-order valence-corrected chi connectivity index (χ0v) is 16.4. The molecular formula is C20H27F3N2O3. The predicted octanol–water partition coefficient (Wildman–Crippen LogP) is 4.14. The highest BCUT2D eigenvalue weighted by molar-refractivity contribution is 5.68. The van der Waals surface area contributed by atoms with Gasteiger partial charge in [-0.3, -0.25) is 0 Å². The smallest absolute Gasteiger partial charge is 0.416 e. The maximum Gasteiger partial charge on any atom is 0.416 e. The van der Waals surface area contributed by atoms with Gasteiger partial charge in [0.25, 0.3) is 0 Å². The fourth-order valence-corrected chi connectivity index (χ4v) is 3.64. The van der Waals surface area contributed by atoms with Crippen molar-refractivity contribution < 1.29 is 27.4 Å². The molecule has 1 amide bonds. The van der Waals surface area contributed by atoms with Gasteiger partial charge in [0.15, 0.2) is 0 Å². The first-order valence-electron chi connectivity index (χ1n) is 9.48. The molecule has 1 N–H and O–H groups in total. The van der Waals surface area contributed by atoms with Crippen LogP contribution >= 0.6 is 0 Å². The van der Waals surface area contributed by atoms with Crippen LogP contribution < -0.4 is 5.32 Å². The molecule has 1 aromatic carbocycles. The molecular weight excluding hydrogens is 373 g/mol. The van der Waals surface area contributed by atoms with Crippen molar-refractivity contribution in [3.05, 3.63) is 35.4 Å². The van der Waals surface area contributed by atoms with E-state index >= 15 is 0 Å². The summed E-state index contributed by atoms with van der Waals surface area (Å²) in [6, 6.07) is 5.02. The van der Waals surface area contributed by atoms with E-state index in [1.54, 1.807) is 4.90 Å². The summed E-state index contributed by atoms with van der Waals surface area (Å²) in [6.07, 6.45) is -3.27. The van der Waals surface area contributed by atoms with Gasteiger partial charge in [0.1, 0.15) is 5.60 Å². The van der Waals surface area contributed by atoms with Crippen molar-refractivity contribution in [2.45, 2.75) is 57.0 Å². The first kappa shape index (κ1) is 20.9. The molecule has 0 unspecified atom stereocenters. The van der Waals surface area contributed by atoms with Crippen molar-refractivity contribution in [3.63, 3.8) is 0 Å². The van der Waals surface area contributed by atoms with E-state index in [-0.39, 0.29) is 17.7 Å². The number of hydrogen-bond acceptors (Lipinski definition) is 4. The average Bonchev–Trinajstić information content (AvgIpc) is 2.60. The maximum atomic E-state index is 12.8. The Bertz CT molecular complexity index is 690. The molecule has 2 aliphatic rings. The van der Waals surface area contributed by atoms with E-state index in [1.807, 2.05) is 20.8 Å². The molecule has 0 aromatic heterocycles. The molecule has 1 atom stereocenters. The van der Waals surface area contributed by atoms with Crippen molar-refractivity contribution in [2.24, 2.45) is 0 Å². The van der Waals surface area contributed by atoms with E-state index in [0.29, 0.717) is 39.1 Å². The summed E-state index contributed by atoms with van der Waals surface area (Å²) in [5.41, 5.74) is -0.717. The Labute approximate surface area is 163 Å². The van der Waals surface area contributed by atoms with Crippen LogP contribution in [0.25, 0.3) is 0 Å². The minimum absolute atomic E-state index is 0.177. The van der Waals surface area contributed by atoms with Gasteiger partial charge in [0.05, 0.1) is 24.8 Å². The summed E-state index contributed by atoms with van der Waals surface area (Å²) in [6.45, 7) is 7.52. The largest absolute Gasteiger partial charge is 0.444 e. The van der Waals surface area contributed by atoms with Gasteiger partial charge in [0, 0.05) is 18.6 Å². The fraction of sp³-hybridized carbons (Fsp3) is 0.650. The normalized spacial score (nSPS) is 22.9. The van der Waals surface area contributed by atoms with E-state index in [4.69, 9.17) is 9.47 Å². The summed E-state index contributed by atoms with van der Waals surface area (Å²) in [5.74, 6) is 0. The van der Waals surface area contributed by atoms with Crippen molar-refractivity contribution in [1.82, 2.24) is 10.2 Å². The van der Waals surface area contributed by atoms with Crippen LogP contribution in [0.1, 0.15) is 50.8 Å². The molecule has 2 fully saturated rings. The van der Waals surface area contributed by atoms with Crippen LogP contribution in [0, 0.1) is 0 Å². The van der Waals surface area contributed by atoms with E-state index in [2.05, 4.69) is 5.32 Å². The molecule has 156 valence electrons. The van der Waals surface area contributed by atoms with Gasteiger partial charge in [-0.15, -0.1) is 0 Å². The number of likely N-dealkylation sites (tertiary alicyclic amines) is 1. The van der Waals surface area contributed by atoms with Crippen molar-refractivity contribution >= 4 is 6.09 Å². The Morgan fingerprint density at radius 1 is 1.18 bits per heavy atom. The summed E-state index contributed by atoms with van der Waals surface area (Å²) < 4.78 is 49.5. The highest BCUT2D eigenvalue weighted by atomic mass is 19.4. The quantitative estimate of drug-likeness (QED) is 0.770. The Balaban J connectivity index is 1.62. The lowest BCUT2D eigenvalue weighted by atomic mass is 9.85. The number of benzene rings is 1. The maximum absolute atomic E-state index is 12.8. The van der Waals surface area contributed by atoms with Crippen LogP contribution in [0.2, 0.25) is 0 Å². The number of nitrogens with one attached hydrogen (secondary N) is 1. The predicted molar refractivity (Wildman–Crippen MR) is 97.9 cm³/mol. The van der Waals surface area contributed by atoms with E-state index < -0.39 is 17.3 Å². The number of ether oxygens (including phenoxy) is 2. The van der Waals surface area contributed by atoms with Crippen molar-refractivity contribution in [1.29, 1.82) is 0 Å². The van der Waals surface area contributed by atoms with E-state index in [9.17, 15) is 18.0 Å². The SMILES string of the molecule is CC(C)(C)OC(=O)N1CCC2(CC1)COC[C@@H](c1ccc(C(F)(F)F)cc1)N2. The lowest BCUT2D eigenvalue weighted by Gasteiger charge is -2.47. The van der Waals surface area contributed by atoms with Crippen LogP contribution in [-0.4, -0.2) is 48.4 Å². The van der Waals surface area contributed by atoms with Crippen LogP contribution in [0.3, 0.4) is 0 Å². The Hall–Kier alpha value is -1.80. The van der Waals surface area contributed by atoms with Gasteiger partial charge in [-0.25, -0.2) is 4.79 Å². The van der Waals surface area contributed by atoms with Gasteiger partial charge in [0.2, 0.25) is 0 Å². The second-order valence-corrected chi connectivity index (χ2v) is 8.58. The first-order chi connectivity index (χ1) is 13.0. The topological polar surface area (TPSA) is 50.8 Å². The van der Waals surface area contributed by atoms with Gasteiger partial charge < -0.3 is 19.7 Å². The third kappa shape index (κ3) is 4.97. The first-order valence-corrected chi connectivity index (χ1v) is 9.48. The minimum Gasteiger partial charge on any atom is -0.444 e. The molecule has 8 heteroatoms. The standard InChI is InChI=1S/C20H27F3N2O3/c1-18(2,3)28-17(26)25-10-8-19(9-11-25)13-27-12-16(24-19)14-4-6-15(7-5-14)20(21,22)23/h4-7,16,24H,8-13H2,1-3H3/t16-/m0/s1. The molecule has 28 heavy (non-hydrogen) atoms.